The molecule has 21 heavy (non-hydrogen) atoms. The predicted molar refractivity (Wildman–Crippen MR) is 80.2 cm³/mol. The second-order valence-electron chi connectivity index (χ2n) is 4.05. The van der Waals surface area contributed by atoms with E-state index in [0.29, 0.717) is 6.07 Å². The zero-order valence-electron chi connectivity index (χ0n) is 10.2. The van der Waals surface area contributed by atoms with Gasteiger partial charge in [0.05, 0.1) is 27.0 Å². The van der Waals surface area contributed by atoms with Crippen LogP contribution in [0.1, 0.15) is 10.4 Å². The fourth-order valence-corrected chi connectivity index (χ4v) is 2.49. The van der Waals surface area contributed by atoms with Gasteiger partial charge in [0.15, 0.2) is 0 Å². The molecule has 0 radical (unpaired) electrons. The number of carbonyl (C=O) groups is 1. The zero-order valence-corrected chi connectivity index (χ0v) is 12.5. The first-order valence-electron chi connectivity index (χ1n) is 5.50. The third-order valence-corrected chi connectivity index (χ3v) is 3.39. The molecule has 3 nitrogen and oxygen atoms in total. The molecule has 2 rings (SSSR count). The molecule has 110 valence electrons. The highest BCUT2D eigenvalue weighted by atomic mass is 35.5. The number of nitrogens with one attached hydrogen (secondary N) is 1. The number of hydrogen-bond acceptors (Lipinski definition) is 2. The van der Waals surface area contributed by atoms with Crippen molar-refractivity contribution in [2.45, 2.75) is 0 Å². The van der Waals surface area contributed by atoms with Crippen molar-refractivity contribution < 1.29 is 13.6 Å². The van der Waals surface area contributed by atoms with Gasteiger partial charge in [0.25, 0.3) is 5.91 Å². The minimum absolute atomic E-state index is 0.0648. The molecule has 2 aromatic carbocycles. The normalized spacial score (nSPS) is 10.5. The molecule has 0 aromatic heterocycles. The van der Waals surface area contributed by atoms with Crippen LogP contribution in [-0.2, 0) is 0 Å². The van der Waals surface area contributed by atoms with E-state index >= 15 is 0 Å². The van der Waals surface area contributed by atoms with Gasteiger partial charge in [0.1, 0.15) is 11.6 Å². The Kier molecular flexibility index (Phi) is 4.56. The molecule has 0 aliphatic rings. The van der Waals surface area contributed by atoms with Gasteiger partial charge < -0.3 is 11.1 Å². The molecule has 0 saturated heterocycles. The van der Waals surface area contributed by atoms with E-state index < -0.39 is 23.1 Å². The Morgan fingerprint density at radius 3 is 2.14 bits per heavy atom. The fraction of sp³-hybridized carbons (Fsp3) is 0. The molecular weight excluding hydrogens is 345 g/mol. The fourth-order valence-electron chi connectivity index (χ4n) is 1.58. The van der Waals surface area contributed by atoms with Gasteiger partial charge in [-0.15, -0.1) is 0 Å². The van der Waals surface area contributed by atoms with Crippen LogP contribution in [0.2, 0.25) is 15.1 Å². The molecule has 0 aliphatic carbocycles. The van der Waals surface area contributed by atoms with Crippen molar-refractivity contribution in [2.75, 3.05) is 11.1 Å². The summed E-state index contributed by atoms with van der Waals surface area (Å²) in [4.78, 5) is 12.0. The van der Waals surface area contributed by atoms with Gasteiger partial charge in [0, 0.05) is 11.1 Å². The predicted octanol–water partition coefficient (Wildman–Crippen LogP) is 4.76. The summed E-state index contributed by atoms with van der Waals surface area (Å²) in [5.74, 6) is -2.88. The Labute approximate surface area is 133 Å². The number of amides is 1. The number of anilines is 2. The molecule has 0 atom stereocenters. The van der Waals surface area contributed by atoms with Gasteiger partial charge in [0.2, 0.25) is 0 Å². The van der Waals surface area contributed by atoms with Crippen molar-refractivity contribution >= 4 is 52.1 Å². The molecule has 0 bridgehead atoms. The highest BCUT2D eigenvalue weighted by molar-refractivity contribution is 6.42. The summed E-state index contributed by atoms with van der Waals surface area (Å²) < 4.78 is 26.7. The van der Waals surface area contributed by atoms with Crippen molar-refractivity contribution in [3.05, 3.63) is 56.5 Å². The standard InChI is InChI=1S/C13H7Cl3F2N2O/c14-5-1-7(15)12(8(16)2-5)20-13(21)6-3-11(19)10(18)4-9(6)17/h1-4H,19H2,(H,20,21). The van der Waals surface area contributed by atoms with Crippen LogP contribution < -0.4 is 11.1 Å². The maximum absolute atomic E-state index is 13.6. The van der Waals surface area contributed by atoms with Crippen LogP contribution in [-0.4, -0.2) is 5.91 Å². The quantitative estimate of drug-likeness (QED) is 0.767. The summed E-state index contributed by atoms with van der Waals surface area (Å²) in [5.41, 5.74) is 4.59. The Morgan fingerprint density at radius 2 is 1.57 bits per heavy atom. The molecule has 0 spiro atoms. The van der Waals surface area contributed by atoms with Gasteiger partial charge in [-0.1, -0.05) is 34.8 Å². The maximum atomic E-state index is 13.6. The molecule has 2 aromatic rings. The van der Waals surface area contributed by atoms with E-state index in [2.05, 4.69) is 5.32 Å². The van der Waals surface area contributed by atoms with E-state index in [4.69, 9.17) is 40.5 Å². The van der Waals surface area contributed by atoms with Crippen LogP contribution in [0.15, 0.2) is 24.3 Å². The van der Waals surface area contributed by atoms with E-state index in [0.717, 1.165) is 6.07 Å². The van der Waals surface area contributed by atoms with Crippen molar-refractivity contribution in [3.8, 4) is 0 Å². The third-order valence-electron chi connectivity index (χ3n) is 2.58. The van der Waals surface area contributed by atoms with Crippen LogP contribution in [0.25, 0.3) is 0 Å². The van der Waals surface area contributed by atoms with E-state index in [1.54, 1.807) is 0 Å². The van der Waals surface area contributed by atoms with Crippen molar-refractivity contribution in [1.29, 1.82) is 0 Å². The molecule has 0 fully saturated rings. The Bertz CT molecular complexity index is 715. The van der Waals surface area contributed by atoms with Gasteiger partial charge in [-0.05, 0) is 18.2 Å². The van der Waals surface area contributed by atoms with E-state index in [9.17, 15) is 13.6 Å². The number of nitrogens with two attached hydrogens (primary N) is 1. The summed E-state index contributed by atoms with van der Waals surface area (Å²) in [6.45, 7) is 0. The van der Waals surface area contributed by atoms with Gasteiger partial charge in [-0.3, -0.25) is 4.79 Å². The SMILES string of the molecule is Nc1cc(C(=O)Nc2c(Cl)cc(Cl)cc2Cl)c(F)cc1F. The second-order valence-corrected chi connectivity index (χ2v) is 5.30. The van der Waals surface area contributed by atoms with Crippen LogP contribution in [0.5, 0.6) is 0 Å². The molecule has 8 heteroatoms. The van der Waals surface area contributed by atoms with Crippen LogP contribution in [0.4, 0.5) is 20.2 Å². The zero-order chi connectivity index (χ0) is 15.7. The summed E-state index contributed by atoms with van der Waals surface area (Å²) >= 11 is 17.5. The number of carbonyl (C=O) groups excluding carboxylic acids is 1. The monoisotopic (exact) mass is 350 g/mol. The minimum Gasteiger partial charge on any atom is -0.396 e. The number of hydrogen-bond donors (Lipinski definition) is 2. The molecule has 3 N–H and O–H groups in total. The highest BCUT2D eigenvalue weighted by Gasteiger charge is 2.18. The molecule has 0 unspecified atom stereocenters. The number of benzene rings is 2. The van der Waals surface area contributed by atoms with Crippen molar-refractivity contribution in [1.82, 2.24) is 0 Å². The van der Waals surface area contributed by atoms with Gasteiger partial charge in [-0.2, -0.15) is 0 Å². The van der Waals surface area contributed by atoms with E-state index in [1.165, 1.54) is 12.1 Å². The van der Waals surface area contributed by atoms with Gasteiger partial charge >= 0.3 is 0 Å². The maximum Gasteiger partial charge on any atom is 0.258 e. The molecule has 1 amide bonds. The number of halogens is 5. The highest BCUT2D eigenvalue weighted by Crippen LogP contribution is 2.34. The third kappa shape index (κ3) is 3.37. The number of rotatable bonds is 2. The van der Waals surface area contributed by atoms with Crippen molar-refractivity contribution in [3.63, 3.8) is 0 Å². The summed E-state index contributed by atoms with van der Waals surface area (Å²) in [6.07, 6.45) is 0. The van der Waals surface area contributed by atoms with E-state index in [1.807, 2.05) is 0 Å². The largest absolute Gasteiger partial charge is 0.396 e. The first-order valence-corrected chi connectivity index (χ1v) is 6.63. The van der Waals surface area contributed by atoms with Crippen molar-refractivity contribution in [2.24, 2.45) is 0 Å². The number of nitrogen functional groups attached to an aromatic ring is 1. The van der Waals surface area contributed by atoms with Gasteiger partial charge in [-0.25, -0.2) is 8.78 Å². The Balaban J connectivity index is 2.37. The Hall–Kier alpha value is -1.56. The lowest BCUT2D eigenvalue weighted by molar-refractivity contribution is 0.102. The summed E-state index contributed by atoms with van der Waals surface area (Å²) in [6, 6.07) is 4.13. The first kappa shape index (κ1) is 15.8. The topological polar surface area (TPSA) is 55.1 Å². The smallest absolute Gasteiger partial charge is 0.258 e. The molecular formula is C13H7Cl3F2N2O. The second kappa shape index (κ2) is 6.05. The minimum atomic E-state index is -1.06. The van der Waals surface area contributed by atoms with Crippen LogP contribution in [0.3, 0.4) is 0 Å². The Morgan fingerprint density at radius 1 is 1.00 bits per heavy atom. The van der Waals surface area contributed by atoms with E-state index in [-0.39, 0.29) is 26.4 Å². The first-order chi connectivity index (χ1) is 9.79. The molecule has 0 saturated carbocycles. The average Bonchev–Trinajstić information content (AvgIpc) is 2.37. The average molecular weight is 352 g/mol. The molecule has 0 heterocycles. The summed E-state index contributed by atoms with van der Waals surface area (Å²) in [7, 11) is 0. The van der Waals surface area contributed by atoms with Crippen LogP contribution in [0, 0.1) is 11.6 Å². The lowest BCUT2D eigenvalue weighted by Gasteiger charge is -2.11. The lowest BCUT2D eigenvalue weighted by Crippen LogP contribution is -2.15. The summed E-state index contributed by atoms with van der Waals surface area (Å²) in [5, 5.41) is 2.77. The molecule has 0 aliphatic heterocycles. The lowest BCUT2D eigenvalue weighted by atomic mass is 10.1. The van der Waals surface area contributed by atoms with Crippen LogP contribution >= 0.6 is 34.8 Å².